The van der Waals surface area contributed by atoms with E-state index in [0.717, 1.165) is 19.4 Å². The van der Waals surface area contributed by atoms with E-state index >= 15 is 0 Å². The Morgan fingerprint density at radius 1 is 1.70 bits per heavy atom. The van der Waals surface area contributed by atoms with Crippen LogP contribution < -0.4 is 5.73 Å². The Hall–Kier alpha value is -0.830. The predicted molar refractivity (Wildman–Crippen MR) is 38.5 cm³/mol. The summed E-state index contributed by atoms with van der Waals surface area (Å²) in [6, 6.07) is 2.39. The van der Waals surface area contributed by atoms with Gasteiger partial charge < -0.3 is 5.73 Å². The summed E-state index contributed by atoms with van der Waals surface area (Å²) >= 11 is 0. The molecule has 10 heavy (non-hydrogen) atoms. The van der Waals surface area contributed by atoms with E-state index in [9.17, 15) is 0 Å². The number of nitrogens with zero attached hydrogens (tertiary/aromatic N) is 2. The highest BCUT2D eigenvalue weighted by Gasteiger charge is 2.14. The number of aryl methyl sites for hydroxylation is 1. The molecule has 0 saturated heterocycles. The second-order valence-corrected chi connectivity index (χ2v) is 2.80. The van der Waals surface area contributed by atoms with Gasteiger partial charge in [0.25, 0.3) is 0 Å². The van der Waals surface area contributed by atoms with E-state index < -0.39 is 0 Å². The summed E-state index contributed by atoms with van der Waals surface area (Å²) in [5.74, 6) is 0. The zero-order valence-electron chi connectivity index (χ0n) is 5.83. The summed E-state index contributed by atoms with van der Waals surface area (Å²) < 4.78 is 2.03. The molecule has 2 rings (SSSR count). The smallest absolute Gasteiger partial charge is 0.0492 e. The van der Waals surface area contributed by atoms with E-state index in [2.05, 4.69) is 5.10 Å². The molecule has 2 N–H and O–H groups in total. The Morgan fingerprint density at radius 2 is 2.60 bits per heavy atom. The van der Waals surface area contributed by atoms with Crippen LogP contribution in [-0.2, 0) is 13.0 Å². The third-order valence-electron chi connectivity index (χ3n) is 1.99. The van der Waals surface area contributed by atoms with Gasteiger partial charge >= 0.3 is 0 Å². The van der Waals surface area contributed by atoms with Gasteiger partial charge in [0.1, 0.15) is 0 Å². The first-order chi connectivity index (χ1) is 4.86. The molecule has 1 atom stereocenters. The van der Waals surface area contributed by atoms with Gasteiger partial charge in [0.15, 0.2) is 0 Å². The van der Waals surface area contributed by atoms with Gasteiger partial charge in [-0.1, -0.05) is 0 Å². The van der Waals surface area contributed by atoms with Crippen LogP contribution in [0.2, 0.25) is 0 Å². The van der Waals surface area contributed by atoms with E-state index in [1.807, 2.05) is 16.9 Å². The Kier molecular flexibility index (Phi) is 1.24. The van der Waals surface area contributed by atoms with Crippen LogP contribution in [0.25, 0.3) is 0 Å². The number of fused-ring (bicyclic) bond motifs is 1. The van der Waals surface area contributed by atoms with E-state index in [1.54, 1.807) is 0 Å². The second kappa shape index (κ2) is 2.09. The Labute approximate surface area is 59.8 Å². The van der Waals surface area contributed by atoms with Crippen molar-refractivity contribution in [1.29, 1.82) is 0 Å². The predicted octanol–water partition coefficient (Wildman–Crippen LogP) is 0.157. The number of rotatable bonds is 0. The van der Waals surface area contributed by atoms with Gasteiger partial charge in [0.05, 0.1) is 0 Å². The minimum absolute atomic E-state index is 0.351. The zero-order valence-corrected chi connectivity index (χ0v) is 5.83. The molecule has 0 aliphatic carbocycles. The summed E-state index contributed by atoms with van der Waals surface area (Å²) in [7, 11) is 0. The van der Waals surface area contributed by atoms with E-state index in [-0.39, 0.29) is 0 Å². The Balaban J connectivity index is 2.30. The van der Waals surface area contributed by atoms with Crippen LogP contribution in [0.5, 0.6) is 0 Å². The van der Waals surface area contributed by atoms with Crippen molar-refractivity contribution in [3.05, 3.63) is 18.0 Å². The lowest BCUT2D eigenvalue weighted by Gasteiger charge is -2.18. The molecule has 0 saturated carbocycles. The summed E-state index contributed by atoms with van der Waals surface area (Å²) in [5.41, 5.74) is 7.04. The number of nitrogens with two attached hydrogens (primary N) is 1. The van der Waals surface area contributed by atoms with Crippen molar-refractivity contribution in [2.24, 2.45) is 5.73 Å². The number of hydrogen-bond acceptors (Lipinski definition) is 2. The standard InChI is InChI=1S/C7H11N3/c8-6-2-4-10-7(5-6)1-3-9-10/h1,3,6H,2,4-5,8H2/t6-/m1/s1. The van der Waals surface area contributed by atoms with Crippen LogP contribution in [0.3, 0.4) is 0 Å². The number of aromatic nitrogens is 2. The summed E-state index contributed by atoms with van der Waals surface area (Å²) in [4.78, 5) is 0. The van der Waals surface area contributed by atoms with Gasteiger partial charge in [0, 0.05) is 30.9 Å². The topological polar surface area (TPSA) is 43.8 Å². The van der Waals surface area contributed by atoms with Gasteiger partial charge in [-0.15, -0.1) is 0 Å². The van der Waals surface area contributed by atoms with Crippen LogP contribution in [-0.4, -0.2) is 15.8 Å². The molecule has 2 heterocycles. The molecule has 0 fully saturated rings. The number of hydrogen-bond donors (Lipinski definition) is 1. The van der Waals surface area contributed by atoms with Crippen molar-refractivity contribution >= 4 is 0 Å². The molecule has 0 unspecified atom stereocenters. The van der Waals surface area contributed by atoms with Gasteiger partial charge in [-0.05, 0) is 12.5 Å². The Morgan fingerprint density at radius 3 is 3.50 bits per heavy atom. The van der Waals surface area contributed by atoms with Crippen molar-refractivity contribution < 1.29 is 0 Å². The molecule has 0 aromatic carbocycles. The first-order valence-corrected chi connectivity index (χ1v) is 3.62. The minimum atomic E-state index is 0.351. The molecule has 1 aromatic rings. The van der Waals surface area contributed by atoms with Gasteiger partial charge in [-0.2, -0.15) is 5.10 Å². The highest BCUT2D eigenvalue weighted by molar-refractivity contribution is 5.04. The molecular formula is C7H11N3. The van der Waals surface area contributed by atoms with E-state index in [1.165, 1.54) is 5.69 Å². The molecule has 1 aliphatic heterocycles. The lowest BCUT2D eigenvalue weighted by atomic mass is 10.1. The van der Waals surface area contributed by atoms with E-state index in [4.69, 9.17) is 5.73 Å². The van der Waals surface area contributed by atoms with Crippen LogP contribution in [0.1, 0.15) is 12.1 Å². The van der Waals surface area contributed by atoms with E-state index in [0.29, 0.717) is 6.04 Å². The van der Waals surface area contributed by atoms with Crippen molar-refractivity contribution in [3.63, 3.8) is 0 Å². The molecule has 0 radical (unpaired) electrons. The van der Waals surface area contributed by atoms with Crippen LogP contribution in [0.4, 0.5) is 0 Å². The van der Waals surface area contributed by atoms with Crippen LogP contribution >= 0.6 is 0 Å². The molecule has 1 aliphatic rings. The SMILES string of the molecule is N[C@@H]1CCn2nccc2C1. The maximum atomic E-state index is 5.77. The molecule has 54 valence electrons. The van der Waals surface area contributed by atoms with Gasteiger partial charge in [-0.25, -0.2) is 0 Å². The zero-order chi connectivity index (χ0) is 6.97. The highest BCUT2D eigenvalue weighted by Crippen LogP contribution is 2.11. The lowest BCUT2D eigenvalue weighted by Crippen LogP contribution is -2.30. The van der Waals surface area contributed by atoms with Crippen LogP contribution in [0, 0.1) is 0 Å². The monoisotopic (exact) mass is 137 g/mol. The lowest BCUT2D eigenvalue weighted by molar-refractivity contribution is 0.439. The maximum Gasteiger partial charge on any atom is 0.0492 e. The minimum Gasteiger partial charge on any atom is -0.327 e. The van der Waals surface area contributed by atoms with Gasteiger partial charge in [-0.3, -0.25) is 4.68 Å². The molecule has 0 bridgehead atoms. The first-order valence-electron chi connectivity index (χ1n) is 3.62. The van der Waals surface area contributed by atoms with Crippen molar-refractivity contribution in [2.75, 3.05) is 0 Å². The third-order valence-corrected chi connectivity index (χ3v) is 1.99. The van der Waals surface area contributed by atoms with Crippen molar-refractivity contribution in [1.82, 2.24) is 9.78 Å². The summed E-state index contributed by atoms with van der Waals surface area (Å²) in [5, 5.41) is 4.15. The third kappa shape index (κ3) is 0.827. The quantitative estimate of drug-likeness (QED) is 0.553. The summed E-state index contributed by atoms with van der Waals surface area (Å²) in [6.07, 6.45) is 3.89. The fourth-order valence-corrected chi connectivity index (χ4v) is 1.39. The highest BCUT2D eigenvalue weighted by atomic mass is 15.3. The summed E-state index contributed by atoms with van der Waals surface area (Å²) in [6.45, 7) is 0.990. The largest absolute Gasteiger partial charge is 0.327 e. The Bertz CT molecular complexity index is 229. The van der Waals surface area contributed by atoms with Crippen LogP contribution in [0.15, 0.2) is 12.3 Å². The molecule has 3 heteroatoms. The molecule has 3 nitrogen and oxygen atoms in total. The molecule has 0 spiro atoms. The average molecular weight is 137 g/mol. The molecular weight excluding hydrogens is 126 g/mol. The normalized spacial score (nSPS) is 24.3. The molecule has 0 amide bonds. The second-order valence-electron chi connectivity index (χ2n) is 2.80. The fraction of sp³-hybridized carbons (Fsp3) is 0.571. The van der Waals surface area contributed by atoms with Crippen molar-refractivity contribution in [2.45, 2.75) is 25.4 Å². The van der Waals surface area contributed by atoms with Crippen molar-refractivity contribution in [3.8, 4) is 0 Å². The fourth-order valence-electron chi connectivity index (χ4n) is 1.39. The average Bonchev–Trinajstić information content (AvgIpc) is 2.33. The first kappa shape index (κ1) is 5.92. The maximum absolute atomic E-state index is 5.77. The molecule has 1 aromatic heterocycles. The van der Waals surface area contributed by atoms with Gasteiger partial charge in [0.2, 0.25) is 0 Å².